The van der Waals surface area contributed by atoms with Crippen molar-refractivity contribution in [2.45, 2.75) is 71.1 Å². The van der Waals surface area contributed by atoms with Gasteiger partial charge in [0, 0.05) is 6.42 Å². The molecule has 0 saturated carbocycles. The summed E-state index contributed by atoms with van der Waals surface area (Å²) in [7, 11) is 1.25. The number of nitrogens with one attached hydrogen (secondary N) is 4. The first-order valence-electron chi connectivity index (χ1n) is 11.9. The fourth-order valence-electron chi connectivity index (χ4n) is 3.08. The summed E-state index contributed by atoms with van der Waals surface area (Å²) < 4.78 is 9.84. The van der Waals surface area contributed by atoms with Gasteiger partial charge in [0.25, 0.3) is 0 Å². The molecule has 0 fully saturated rings. The molecule has 36 heavy (non-hydrogen) atoms. The normalized spacial score (nSPS) is 12.5. The van der Waals surface area contributed by atoms with E-state index < -0.39 is 54.0 Å². The van der Waals surface area contributed by atoms with Crippen LogP contribution in [0.2, 0.25) is 0 Å². The molecule has 0 radical (unpaired) electrons. The molecule has 0 spiro atoms. The number of rotatable bonds is 13. The molecule has 0 aliphatic heterocycles. The van der Waals surface area contributed by atoms with Crippen molar-refractivity contribution < 1.29 is 33.4 Å². The molecule has 1 aromatic rings. The van der Waals surface area contributed by atoms with Gasteiger partial charge in [-0.2, -0.15) is 0 Å². The van der Waals surface area contributed by atoms with Gasteiger partial charge in [-0.3, -0.25) is 14.4 Å². The summed E-state index contributed by atoms with van der Waals surface area (Å²) in [6, 6.07) is 7.24. The summed E-state index contributed by atoms with van der Waals surface area (Å²) in [5.74, 6) is -2.33. The van der Waals surface area contributed by atoms with Crippen LogP contribution >= 0.6 is 0 Å². The van der Waals surface area contributed by atoms with Gasteiger partial charge in [-0.05, 0) is 32.8 Å². The minimum Gasteiger partial charge on any atom is -0.467 e. The fraction of sp³-hybridized carbons (Fsp3) is 0.560. The Kier molecular flexibility index (Phi) is 13.0. The minimum atomic E-state index is -0.995. The van der Waals surface area contributed by atoms with E-state index in [4.69, 9.17) is 9.47 Å². The maximum atomic E-state index is 13.0. The van der Waals surface area contributed by atoms with E-state index in [1.807, 2.05) is 37.3 Å². The Morgan fingerprint density at radius 1 is 0.889 bits per heavy atom. The number of unbranched alkanes of at least 4 members (excludes halogenated alkanes) is 1. The van der Waals surface area contributed by atoms with Crippen LogP contribution < -0.4 is 21.3 Å². The van der Waals surface area contributed by atoms with Gasteiger partial charge in [0.2, 0.25) is 17.7 Å². The van der Waals surface area contributed by atoms with Crippen molar-refractivity contribution in [3.8, 4) is 0 Å². The second-order valence-electron chi connectivity index (χ2n) is 9.17. The lowest BCUT2D eigenvalue weighted by Gasteiger charge is -2.22. The lowest BCUT2D eigenvalue weighted by molar-refractivity contribution is -0.145. The Bertz CT molecular complexity index is 884. The van der Waals surface area contributed by atoms with Crippen molar-refractivity contribution in [1.29, 1.82) is 0 Å². The fourth-order valence-corrected chi connectivity index (χ4v) is 3.08. The van der Waals surface area contributed by atoms with Crippen LogP contribution in [-0.2, 0) is 35.1 Å². The zero-order valence-electron chi connectivity index (χ0n) is 21.6. The lowest BCUT2D eigenvalue weighted by atomic mass is 10.0. The first-order chi connectivity index (χ1) is 16.9. The number of esters is 1. The molecular weight excluding hydrogens is 468 g/mol. The van der Waals surface area contributed by atoms with Crippen molar-refractivity contribution in [3.63, 3.8) is 0 Å². The topological polar surface area (TPSA) is 152 Å². The molecular formula is C25H38N4O7. The Morgan fingerprint density at radius 2 is 1.53 bits per heavy atom. The molecule has 0 aliphatic carbocycles. The summed E-state index contributed by atoms with van der Waals surface area (Å²) in [5.41, 5.74) is 0.0878. The van der Waals surface area contributed by atoms with E-state index in [1.54, 1.807) is 20.8 Å². The third-order valence-electron chi connectivity index (χ3n) is 4.82. The number of hydrogen-bond acceptors (Lipinski definition) is 7. The molecule has 0 saturated heterocycles. The lowest BCUT2D eigenvalue weighted by Crippen LogP contribution is -2.54. The van der Waals surface area contributed by atoms with Gasteiger partial charge in [0.15, 0.2) is 0 Å². The molecule has 0 aliphatic rings. The molecule has 1 aromatic carbocycles. The summed E-state index contributed by atoms with van der Waals surface area (Å²) in [6.45, 7) is 6.24. The van der Waals surface area contributed by atoms with Crippen molar-refractivity contribution in [2.24, 2.45) is 0 Å². The van der Waals surface area contributed by atoms with E-state index in [-0.39, 0.29) is 13.0 Å². The molecule has 0 unspecified atom stereocenters. The smallest absolute Gasteiger partial charge is 0.408 e. The molecule has 11 heteroatoms. The van der Waals surface area contributed by atoms with E-state index in [2.05, 4.69) is 21.3 Å². The van der Waals surface area contributed by atoms with E-state index >= 15 is 0 Å². The second-order valence-corrected chi connectivity index (χ2v) is 9.17. The highest BCUT2D eigenvalue weighted by molar-refractivity contribution is 5.92. The standard InChI is InChI=1S/C25H38N4O7/c1-6-7-13-18(23(33)35-5)29-22(32)19(14-17-11-9-8-10-12-17)28-21(31)16-26-20(30)15-27-24(34)36-25(2,3)4/h8-12,18-19H,6-7,13-16H2,1-5H3,(H,26,30)(H,27,34)(H,28,31)(H,29,32)/t18-,19-/m0/s1. The van der Waals surface area contributed by atoms with Gasteiger partial charge < -0.3 is 30.7 Å². The van der Waals surface area contributed by atoms with Crippen molar-refractivity contribution >= 4 is 29.8 Å². The Labute approximate surface area is 212 Å². The van der Waals surface area contributed by atoms with Crippen LogP contribution in [0.4, 0.5) is 4.79 Å². The largest absolute Gasteiger partial charge is 0.467 e. The van der Waals surface area contributed by atoms with Crippen molar-refractivity contribution in [1.82, 2.24) is 21.3 Å². The average Bonchev–Trinajstić information content (AvgIpc) is 2.82. The number of alkyl carbamates (subject to hydrolysis) is 1. The molecule has 4 N–H and O–H groups in total. The van der Waals surface area contributed by atoms with Gasteiger partial charge in [-0.15, -0.1) is 0 Å². The van der Waals surface area contributed by atoms with Gasteiger partial charge in [-0.1, -0.05) is 50.1 Å². The highest BCUT2D eigenvalue weighted by atomic mass is 16.6. The number of carbonyl (C=O) groups excluding carboxylic acids is 5. The van der Waals surface area contributed by atoms with Crippen LogP contribution in [0.15, 0.2) is 30.3 Å². The molecule has 200 valence electrons. The Morgan fingerprint density at radius 3 is 2.11 bits per heavy atom. The Hall–Kier alpha value is -3.63. The number of ether oxygens (including phenoxy) is 2. The molecule has 0 aromatic heterocycles. The molecule has 1 rings (SSSR count). The van der Waals surface area contributed by atoms with Crippen LogP contribution in [0, 0.1) is 0 Å². The zero-order chi connectivity index (χ0) is 27.1. The maximum absolute atomic E-state index is 13.0. The van der Waals surface area contributed by atoms with E-state index in [9.17, 15) is 24.0 Å². The molecule has 0 bridgehead atoms. The zero-order valence-corrected chi connectivity index (χ0v) is 21.6. The average molecular weight is 507 g/mol. The number of hydrogen-bond donors (Lipinski definition) is 4. The molecule has 0 heterocycles. The quantitative estimate of drug-likeness (QED) is 0.293. The number of carbonyl (C=O) groups is 5. The predicted octanol–water partition coefficient (Wildman–Crippen LogP) is 1.20. The Balaban J connectivity index is 2.74. The number of benzene rings is 1. The number of amides is 4. The highest BCUT2D eigenvalue weighted by Crippen LogP contribution is 2.07. The van der Waals surface area contributed by atoms with E-state index in [1.165, 1.54) is 7.11 Å². The van der Waals surface area contributed by atoms with Crippen LogP contribution in [0.1, 0.15) is 52.5 Å². The monoisotopic (exact) mass is 506 g/mol. The molecule has 4 amide bonds. The second kappa shape index (κ2) is 15.4. The van der Waals surface area contributed by atoms with Gasteiger partial charge in [0.1, 0.15) is 24.2 Å². The third-order valence-corrected chi connectivity index (χ3v) is 4.82. The first-order valence-corrected chi connectivity index (χ1v) is 11.9. The molecule has 2 atom stereocenters. The minimum absolute atomic E-state index is 0.175. The van der Waals surface area contributed by atoms with E-state index in [0.717, 1.165) is 12.0 Å². The van der Waals surface area contributed by atoms with Crippen molar-refractivity contribution in [3.05, 3.63) is 35.9 Å². The summed E-state index contributed by atoms with van der Waals surface area (Å²) in [6.07, 6.45) is 1.36. The number of methoxy groups -OCH3 is 1. The third kappa shape index (κ3) is 12.7. The molecule has 11 nitrogen and oxygen atoms in total. The van der Waals surface area contributed by atoms with E-state index in [0.29, 0.717) is 12.8 Å². The summed E-state index contributed by atoms with van der Waals surface area (Å²) in [5, 5.41) is 9.95. The predicted molar refractivity (Wildman–Crippen MR) is 133 cm³/mol. The SMILES string of the molecule is CCCC[C@H](NC(=O)[C@H](Cc1ccccc1)NC(=O)CNC(=O)CNC(=O)OC(C)(C)C)C(=O)OC. The van der Waals surface area contributed by atoms with Crippen molar-refractivity contribution in [2.75, 3.05) is 20.2 Å². The van der Waals surface area contributed by atoms with Crippen LogP contribution in [0.5, 0.6) is 0 Å². The van der Waals surface area contributed by atoms with Crippen LogP contribution in [-0.4, -0.2) is 67.7 Å². The maximum Gasteiger partial charge on any atom is 0.408 e. The first kappa shape index (κ1) is 30.4. The van der Waals surface area contributed by atoms with Crippen LogP contribution in [0.25, 0.3) is 0 Å². The summed E-state index contributed by atoms with van der Waals surface area (Å²) >= 11 is 0. The van der Waals surface area contributed by atoms with Gasteiger partial charge >= 0.3 is 12.1 Å². The van der Waals surface area contributed by atoms with Crippen LogP contribution in [0.3, 0.4) is 0 Å². The van der Waals surface area contributed by atoms with Gasteiger partial charge in [-0.25, -0.2) is 9.59 Å². The van der Waals surface area contributed by atoms with Gasteiger partial charge in [0.05, 0.1) is 13.7 Å². The highest BCUT2D eigenvalue weighted by Gasteiger charge is 2.27. The summed E-state index contributed by atoms with van der Waals surface area (Å²) in [4.78, 5) is 61.3.